The van der Waals surface area contributed by atoms with Crippen LogP contribution in [0, 0.1) is 0 Å². The third-order valence-electron chi connectivity index (χ3n) is 2.23. The summed E-state index contributed by atoms with van der Waals surface area (Å²) in [5, 5.41) is 2.65. The molecular weight excluding hydrogens is 259 g/mol. The number of hydrogen-bond donors (Lipinski definition) is 2. The van der Waals surface area contributed by atoms with Crippen molar-refractivity contribution in [2.75, 3.05) is 11.9 Å². The zero-order valence-electron chi connectivity index (χ0n) is 10.5. The number of aromatic nitrogens is 1. The average molecular weight is 273 g/mol. The van der Waals surface area contributed by atoms with E-state index in [-0.39, 0.29) is 17.9 Å². The van der Waals surface area contributed by atoms with Crippen LogP contribution in [0.15, 0.2) is 23.8 Å². The second kappa shape index (κ2) is 5.73. The average Bonchev–Trinajstić information content (AvgIpc) is 2.26. The maximum atomic E-state index is 12.5. The van der Waals surface area contributed by atoms with E-state index >= 15 is 0 Å². The van der Waals surface area contributed by atoms with Gasteiger partial charge < -0.3 is 11.1 Å². The molecule has 1 rings (SSSR count). The molecule has 0 aliphatic carbocycles. The maximum absolute atomic E-state index is 12.5. The number of carbonyl (C=O) groups excluding carboxylic acids is 1. The topological polar surface area (TPSA) is 68.0 Å². The van der Waals surface area contributed by atoms with Gasteiger partial charge in [-0.2, -0.15) is 13.2 Å². The van der Waals surface area contributed by atoms with Crippen LogP contribution in [0.25, 0.3) is 0 Å². The molecule has 7 heteroatoms. The number of nitrogens with zero attached hydrogens (tertiary/aromatic N) is 1. The Hall–Kier alpha value is -2.05. The Labute approximate surface area is 108 Å². The molecule has 19 heavy (non-hydrogen) atoms. The van der Waals surface area contributed by atoms with Gasteiger partial charge in [-0.3, -0.25) is 4.79 Å². The number of alkyl halides is 3. The Bertz CT molecular complexity index is 505. The van der Waals surface area contributed by atoms with E-state index in [9.17, 15) is 18.0 Å². The molecule has 1 heterocycles. The monoisotopic (exact) mass is 273 g/mol. The molecule has 0 bridgehead atoms. The van der Waals surface area contributed by atoms with Crippen molar-refractivity contribution in [3.63, 3.8) is 0 Å². The molecule has 4 nitrogen and oxygen atoms in total. The Morgan fingerprint density at radius 3 is 2.53 bits per heavy atom. The van der Waals surface area contributed by atoms with E-state index in [0.29, 0.717) is 0 Å². The first kappa shape index (κ1) is 15.0. The molecule has 0 atom stereocenters. The molecule has 0 fully saturated rings. The summed E-state index contributed by atoms with van der Waals surface area (Å²) in [6.07, 6.45) is -2.81. The van der Waals surface area contributed by atoms with Crippen LogP contribution in [0.3, 0.4) is 0 Å². The standard InChI is InChI=1S/C12H14F3N3O/c1-7(2)5-6-17-11-8(10(16)19)3-4-9(18-11)12(13,14)15/h3-5H,6H2,1-2H3,(H2,16,19)(H,17,18). The quantitative estimate of drug-likeness (QED) is 0.828. The molecule has 0 saturated heterocycles. The third-order valence-corrected chi connectivity index (χ3v) is 2.23. The number of nitrogens with two attached hydrogens (primary N) is 1. The molecular formula is C12H14F3N3O. The minimum absolute atomic E-state index is 0.0739. The summed E-state index contributed by atoms with van der Waals surface area (Å²) in [6, 6.07) is 1.75. The van der Waals surface area contributed by atoms with Gasteiger partial charge in [0.05, 0.1) is 5.56 Å². The number of anilines is 1. The molecule has 0 aliphatic rings. The van der Waals surface area contributed by atoms with Crippen LogP contribution < -0.4 is 11.1 Å². The van der Waals surface area contributed by atoms with Crippen LogP contribution >= 0.6 is 0 Å². The van der Waals surface area contributed by atoms with E-state index in [1.807, 2.05) is 13.8 Å². The normalized spacial score (nSPS) is 11.0. The first-order valence-electron chi connectivity index (χ1n) is 5.47. The number of halogens is 3. The molecule has 104 valence electrons. The first-order valence-corrected chi connectivity index (χ1v) is 5.47. The Morgan fingerprint density at radius 1 is 1.42 bits per heavy atom. The first-order chi connectivity index (χ1) is 8.71. The summed E-state index contributed by atoms with van der Waals surface area (Å²) in [6.45, 7) is 3.95. The summed E-state index contributed by atoms with van der Waals surface area (Å²) >= 11 is 0. The van der Waals surface area contributed by atoms with Crippen molar-refractivity contribution in [3.05, 3.63) is 35.0 Å². The van der Waals surface area contributed by atoms with Gasteiger partial charge in [0.25, 0.3) is 5.91 Å². The molecule has 0 aromatic carbocycles. The van der Waals surface area contributed by atoms with Gasteiger partial charge in [-0.25, -0.2) is 4.98 Å². The number of nitrogens with one attached hydrogen (secondary N) is 1. The minimum Gasteiger partial charge on any atom is -0.366 e. The number of rotatable bonds is 4. The van der Waals surface area contributed by atoms with Gasteiger partial charge in [0.2, 0.25) is 0 Å². The molecule has 1 amide bonds. The molecule has 0 saturated carbocycles. The Balaban J connectivity index is 3.09. The fourth-order valence-electron chi connectivity index (χ4n) is 1.30. The maximum Gasteiger partial charge on any atom is 0.433 e. The Morgan fingerprint density at radius 2 is 2.05 bits per heavy atom. The Kier molecular flexibility index (Phi) is 4.52. The van der Waals surface area contributed by atoms with Crippen molar-refractivity contribution >= 4 is 11.7 Å². The van der Waals surface area contributed by atoms with Crippen molar-refractivity contribution in [2.24, 2.45) is 5.73 Å². The lowest BCUT2D eigenvalue weighted by Crippen LogP contribution is -2.18. The number of hydrogen-bond acceptors (Lipinski definition) is 3. The number of primary amides is 1. The molecule has 0 aliphatic heterocycles. The highest BCUT2D eigenvalue weighted by molar-refractivity contribution is 5.97. The van der Waals surface area contributed by atoms with Crippen LogP contribution in [0.4, 0.5) is 19.0 Å². The smallest absolute Gasteiger partial charge is 0.366 e. The predicted molar refractivity (Wildman–Crippen MR) is 65.7 cm³/mol. The highest BCUT2D eigenvalue weighted by Gasteiger charge is 2.33. The van der Waals surface area contributed by atoms with Crippen molar-refractivity contribution < 1.29 is 18.0 Å². The number of pyridine rings is 1. The van der Waals surface area contributed by atoms with Crippen molar-refractivity contribution in [2.45, 2.75) is 20.0 Å². The minimum atomic E-state index is -4.57. The van der Waals surface area contributed by atoms with Crippen LogP contribution in [-0.2, 0) is 6.18 Å². The van der Waals surface area contributed by atoms with Crippen LogP contribution in [-0.4, -0.2) is 17.4 Å². The summed E-state index contributed by atoms with van der Waals surface area (Å²) in [4.78, 5) is 14.5. The summed E-state index contributed by atoms with van der Waals surface area (Å²) in [5.74, 6) is -0.999. The lowest BCUT2D eigenvalue weighted by molar-refractivity contribution is -0.141. The number of carbonyl (C=O) groups is 1. The number of allylic oxidation sites excluding steroid dienone is 1. The van der Waals surface area contributed by atoms with Gasteiger partial charge in [-0.15, -0.1) is 0 Å². The highest BCUT2D eigenvalue weighted by Crippen LogP contribution is 2.29. The molecule has 3 N–H and O–H groups in total. The highest BCUT2D eigenvalue weighted by atomic mass is 19.4. The second-order valence-corrected chi connectivity index (χ2v) is 4.12. The lowest BCUT2D eigenvalue weighted by atomic mass is 10.2. The molecule has 1 aromatic rings. The van der Waals surface area contributed by atoms with Crippen molar-refractivity contribution in [1.82, 2.24) is 4.98 Å². The van der Waals surface area contributed by atoms with E-state index in [2.05, 4.69) is 10.3 Å². The van der Waals surface area contributed by atoms with Gasteiger partial charge in [0.15, 0.2) is 0 Å². The zero-order chi connectivity index (χ0) is 14.6. The largest absolute Gasteiger partial charge is 0.433 e. The molecule has 1 aromatic heterocycles. The predicted octanol–water partition coefficient (Wildman–Crippen LogP) is 2.58. The summed E-state index contributed by atoms with van der Waals surface area (Å²) in [7, 11) is 0. The molecule has 0 spiro atoms. The van der Waals surface area contributed by atoms with Crippen molar-refractivity contribution in [3.8, 4) is 0 Å². The van der Waals surface area contributed by atoms with Gasteiger partial charge in [0.1, 0.15) is 11.5 Å². The van der Waals surface area contributed by atoms with E-state index in [4.69, 9.17) is 5.73 Å². The van der Waals surface area contributed by atoms with Gasteiger partial charge in [-0.05, 0) is 26.0 Å². The summed E-state index contributed by atoms with van der Waals surface area (Å²) in [5.41, 5.74) is 4.93. The number of amides is 1. The van der Waals surface area contributed by atoms with Gasteiger partial charge in [-0.1, -0.05) is 11.6 Å². The fraction of sp³-hybridized carbons (Fsp3) is 0.333. The fourth-order valence-corrected chi connectivity index (χ4v) is 1.30. The third kappa shape index (κ3) is 4.27. The molecule has 0 unspecified atom stereocenters. The summed E-state index contributed by atoms with van der Waals surface area (Å²) < 4.78 is 37.6. The lowest BCUT2D eigenvalue weighted by Gasteiger charge is -2.11. The van der Waals surface area contributed by atoms with Crippen LogP contribution in [0.2, 0.25) is 0 Å². The van der Waals surface area contributed by atoms with Gasteiger partial charge in [0, 0.05) is 6.54 Å². The second-order valence-electron chi connectivity index (χ2n) is 4.12. The van der Waals surface area contributed by atoms with Gasteiger partial charge >= 0.3 is 6.18 Å². The van der Waals surface area contributed by atoms with Crippen LogP contribution in [0.5, 0.6) is 0 Å². The zero-order valence-corrected chi connectivity index (χ0v) is 10.5. The van der Waals surface area contributed by atoms with E-state index in [1.54, 1.807) is 6.08 Å². The SMILES string of the molecule is CC(C)=CCNc1nc(C(F)(F)F)ccc1C(N)=O. The van der Waals surface area contributed by atoms with Crippen LogP contribution in [0.1, 0.15) is 29.9 Å². The van der Waals surface area contributed by atoms with E-state index in [0.717, 1.165) is 17.7 Å². The van der Waals surface area contributed by atoms with E-state index in [1.165, 1.54) is 0 Å². The van der Waals surface area contributed by atoms with Crippen molar-refractivity contribution in [1.29, 1.82) is 0 Å². The van der Waals surface area contributed by atoms with E-state index < -0.39 is 17.8 Å². The molecule has 0 radical (unpaired) electrons.